The molecule has 0 aliphatic heterocycles. The summed E-state index contributed by atoms with van der Waals surface area (Å²) in [7, 11) is 0. The molecule has 1 aromatic carbocycles. The van der Waals surface area contributed by atoms with Crippen LogP contribution >= 0.6 is 0 Å². The van der Waals surface area contributed by atoms with Crippen molar-refractivity contribution in [2.75, 3.05) is 17.2 Å². The first kappa shape index (κ1) is 20.9. The van der Waals surface area contributed by atoms with E-state index in [1.54, 1.807) is 0 Å². The van der Waals surface area contributed by atoms with Crippen LogP contribution < -0.4 is 10.6 Å². The van der Waals surface area contributed by atoms with Gasteiger partial charge in [0.1, 0.15) is 0 Å². The second-order valence-electron chi connectivity index (χ2n) is 6.92. The number of benzene rings is 1. The van der Waals surface area contributed by atoms with Gasteiger partial charge < -0.3 is 19.8 Å². The molecule has 0 atom stereocenters. The number of rotatable bonds is 7. The Morgan fingerprint density at radius 3 is 2.70 bits per heavy atom. The number of nitrogens with zero attached hydrogens (tertiary/aromatic N) is 2. The fourth-order valence-electron chi connectivity index (χ4n) is 3.27. The first-order valence-corrected chi connectivity index (χ1v) is 9.56. The Morgan fingerprint density at radius 1 is 1.20 bits per heavy atom. The van der Waals surface area contributed by atoms with E-state index in [1.807, 2.05) is 54.8 Å². The molecule has 0 saturated heterocycles. The Hall–Kier alpha value is -3.79. The quantitative estimate of drug-likeness (QED) is 0.467. The molecule has 0 aliphatic carbocycles. The number of nitrogens with one attached hydrogen (secondary N) is 2. The highest BCUT2D eigenvalue weighted by atomic mass is 16.5. The van der Waals surface area contributed by atoms with E-state index in [0.717, 1.165) is 33.8 Å². The molecule has 0 saturated carbocycles. The maximum absolute atomic E-state index is 12.1. The molecular formula is C23H24N4O3. The molecule has 7 nitrogen and oxygen atoms in total. The van der Waals surface area contributed by atoms with E-state index in [0.29, 0.717) is 18.7 Å². The van der Waals surface area contributed by atoms with E-state index in [4.69, 9.17) is 11.2 Å². The predicted molar refractivity (Wildman–Crippen MR) is 116 cm³/mol. The maximum atomic E-state index is 12.1. The number of hydrogen-bond acceptors (Lipinski definition) is 5. The zero-order valence-corrected chi connectivity index (χ0v) is 17.3. The van der Waals surface area contributed by atoms with Crippen LogP contribution in [0, 0.1) is 26.2 Å². The molecule has 0 radical (unpaired) electrons. The average Bonchev–Trinajstić information content (AvgIpc) is 3.02. The van der Waals surface area contributed by atoms with Crippen molar-refractivity contribution >= 4 is 28.9 Å². The molecule has 0 unspecified atom stereocenters. The topological polar surface area (TPSA) is 84.7 Å². The minimum absolute atomic E-state index is 0.319. The lowest BCUT2D eigenvalue weighted by Gasteiger charge is -2.15. The van der Waals surface area contributed by atoms with Gasteiger partial charge in [0.15, 0.2) is 12.3 Å². The molecule has 2 N–H and O–H groups in total. The van der Waals surface area contributed by atoms with Crippen LogP contribution in [0.3, 0.4) is 0 Å². The zero-order valence-electron chi connectivity index (χ0n) is 17.3. The molecule has 1 amide bonds. The summed E-state index contributed by atoms with van der Waals surface area (Å²) >= 11 is 0. The number of imidazole rings is 1. The Bertz CT molecular complexity index is 1140. The Kier molecular flexibility index (Phi) is 6.38. The Morgan fingerprint density at radius 2 is 1.97 bits per heavy atom. The van der Waals surface area contributed by atoms with E-state index in [9.17, 15) is 9.59 Å². The van der Waals surface area contributed by atoms with Crippen molar-refractivity contribution in [3.63, 3.8) is 0 Å². The molecule has 0 aliphatic rings. The third-order valence-corrected chi connectivity index (χ3v) is 4.77. The molecule has 7 heteroatoms. The number of carbonyl (C=O) groups is 2. The first-order valence-electron chi connectivity index (χ1n) is 9.56. The summed E-state index contributed by atoms with van der Waals surface area (Å²) in [5.74, 6) is 1.79. The lowest BCUT2D eigenvalue weighted by molar-refractivity contribution is -0.144. The van der Waals surface area contributed by atoms with E-state index in [-0.39, 0.29) is 12.5 Å². The maximum Gasteiger partial charge on any atom is 0.303 e. The van der Waals surface area contributed by atoms with Gasteiger partial charge in [0.2, 0.25) is 0 Å². The molecule has 30 heavy (non-hydrogen) atoms. The van der Waals surface area contributed by atoms with Crippen molar-refractivity contribution in [3.05, 3.63) is 59.0 Å². The predicted octanol–water partition coefficient (Wildman–Crippen LogP) is 3.24. The van der Waals surface area contributed by atoms with Crippen molar-refractivity contribution in [1.29, 1.82) is 0 Å². The number of pyridine rings is 1. The molecule has 3 rings (SSSR count). The fraction of sp³-hybridized carbons (Fsp3) is 0.261. The minimum atomic E-state index is -0.497. The number of hydrogen-bond donors (Lipinski definition) is 2. The fourth-order valence-corrected chi connectivity index (χ4v) is 3.27. The van der Waals surface area contributed by atoms with Gasteiger partial charge in [0, 0.05) is 25.4 Å². The lowest BCUT2D eigenvalue weighted by atomic mass is 10.1. The second kappa shape index (κ2) is 9.14. The Balaban J connectivity index is 1.83. The summed E-state index contributed by atoms with van der Waals surface area (Å²) in [6.07, 6.45) is 7.95. The highest BCUT2D eigenvalue weighted by molar-refractivity contribution is 5.93. The smallest absolute Gasteiger partial charge is 0.303 e. The number of ether oxygens (including phenoxy) is 1. The molecule has 0 spiro atoms. The molecule has 0 bridgehead atoms. The van der Waals surface area contributed by atoms with Crippen molar-refractivity contribution in [2.24, 2.45) is 0 Å². The van der Waals surface area contributed by atoms with Crippen LogP contribution in [-0.4, -0.2) is 27.9 Å². The summed E-state index contributed by atoms with van der Waals surface area (Å²) < 4.78 is 6.76. The van der Waals surface area contributed by atoms with Crippen LogP contribution in [0.5, 0.6) is 0 Å². The number of carbonyl (C=O) groups excluding carboxylic acids is 2. The van der Waals surface area contributed by atoms with Gasteiger partial charge in [0.25, 0.3) is 5.91 Å². The molecular weight excluding hydrogens is 380 g/mol. The molecule has 2 aromatic heterocycles. The number of aryl methyl sites for hydroxylation is 2. The SMILES string of the molecule is C#CCc1c(C)nc2c(NCc3c(C)cccc3NC(=O)COC(C)=O)cccn12. The van der Waals surface area contributed by atoms with Gasteiger partial charge in [-0.3, -0.25) is 9.59 Å². The average molecular weight is 404 g/mol. The largest absolute Gasteiger partial charge is 0.456 e. The highest BCUT2D eigenvalue weighted by Crippen LogP contribution is 2.24. The highest BCUT2D eigenvalue weighted by Gasteiger charge is 2.13. The lowest BCUT2D eigenvalue weighted by Crippen LogP contribution is -2.21. The number of aromatic nitrogens is 2. The third kappa shape index (κ3) is 4.61. The zero-order chi connectivity index (χ0) is 21.7. The van der Waals surface area contributed by atoms with Crippen LogP contribution in [0.25, 0.3) is 5.65 Å². The number of anilines is 2. The monoisotopic (exact) mass is 404 g/mol. The van der Waals surface area contributed by atoms with Crippen LogP contribution in [0.15, 0.2) is 36.5 Å². The van der Waals surface area contributed by atoms with E-state index in [2.05, 4.69) is 21.5 Å². The van der Waals surface area contributed by atoms with Gasteiger partial charge in [-0.2, -0.15) is 0 Å². The first-order chi connectivity index (χ1) is 14.4. The van der Waals surface area contributed by atoms with Gasteiger partial charge >= 0.3 is 5.97 Å². The van der Waals surface area contributed by atoms with Crippen LogP contribution in [0.1, 0.15) is 29.4 Å². The van der Waals surface area contributed by atoms with Crippen molar-refractivity contribution < 1.29 is 14.3 Å². The van der Waals surface area contributed by atoms with Gasteiger partial charge in [0.05, 0.1) is 23.5 Å². The summed E-state index contributed by atoms with van der Waals surface area (Å²) in [5, 5.41) is 6.23. The molecule has 154 valence electrons. The Labute approximate surface area is 175 Å². The normalized spacial score (nSPS) is 10.5. The standard InChI is InChI=1S/C23H24N4O3/c1-5-8-21-16(3)25-23-20(11-7-12-27(21)23)24-13-18-15(2)9-6-10-19(18)26-22(29)14-30-17(4)28/h1,6-7,9-12,24H,8,13-14H2,2-4H3,(H,26,29). The summed E-state index contributed by atoms with van der Waals surface area (Å²) in [4.78, 5) is 27.7. The van der Waals surface area contributed by atoms with Gasteiger partial charge in [-0.15, -0.1) is 12.3 Å². The number of esters is 1. The number of terminal acetylenes is 1. The van der Waals surface area contributed by atoms with Gasteiger partial charge in [-0.05, 0) is 43.2 Å². The number of amides is 1. The van der Waals surface area contributed by atoms with Gasteiger partial charge in [-0.1, -0.05) is 12.1 Å². The van der Waals surface area contributed by atoms with E-state index >= 15 is 0 Å². The molecule has 3 aromatic rings. The van der Waals surface area contributed by atoms with Crippen molar-refractivity contribution in [2.45, 2.75) is 33.7 Å². The minimum Gasteiger partial charge on any atom is -0.456 e. The summed E-state index contributed by atoms with van der Waals surface area (Å²) in [5.41, 5.74) is 6.18. The molecule has 0 fully saturated rings. The van der Waals surface area contributed by atoms with Crippen molar-refractivity contribution in [3.8, 4) is 12.3 Å². The van der Waals surface area contributed by atoms with Gasteiger partial charge in [-0.25, -0.2) is 4.98 Å². The summed E-state index contributed by atoms with van der Waals surface area (Å²) in [6.45, 7) is 5.35. The van der Waals surface area contributed by atoms with Crippen LogP contribution in [0.2, 0.25) is 0 Å². The second-order valence-corrected chi connectivity index (χ2v) is 6.92. The van der Waals surface area contributed by atoms with Crippen LogP contribution in [0.4, 0.5) is 11.4 Å². The van der Waals surface area contributed by atoms with E-state index in [1.165, 1.54) is 6.92 Å². The van der Waals surface area contributed by atoms with Crippen molar-refractivity contribution in [1.82, 2.24) is 9.38 Å². The van der Waals surface area contributed by atoms with Crippen LogP contribution in [-0.2, 0) is 27.3 Å². The number of fused-ring (bicyclic) bond motifs is 1. The third-order valence-electron chi connectivity index (χ3n) is 4.77. The van der Waals surface area contributed by atoms with E-state index < -0.39 is 5.97 Å². The molecule has 2 heterocycles. The summed E-state index contributed by atoms with van der Waals surface area (Å²) in [6, 6.07) is 9.56.